The molecule has 0 amide bonds. The first-order chi connectivity index (χ1) is 8.58. The van der Waals surface area contributed by atoms with Crippen LogP contribution >= 0.6 is 15.9 Å². The molecule has 0 spiro atoms. The Labute approximate surface area is 110 Å². The number of rotatable bonds is 3. The summed E-state index contributed by atoms with van der Waals surface area (Å²) in [5.74, 6) is -1.12. The Balaban J connectivity index is 2.43. The van der Waals surface area contributed by atoms with E-state index >= 15 is 0 Å². The van der Waals surface area contributed by atoms with E-state index in [4.69, 9.17) is 5.11 Å². The van der Waals surface area contributed by atoms with Crippen molar-refractivity contribution in [1.29, 1.82) is 0 Å². The summed E-state index contributed by atoms with van der Waals surface area (Å²) in [6, 6.07) is 3.02. The Kier molecular flexibility index (Phi) is 3.52. The number of hydrogen-bond donors (Lipinski definition) is 1. The minimum atomic E-state index is -1.12. The van der Waals surface area contributed by atoms with E-state index in [9.17, 15) is 9.59 Å². The standard InChI is InChI=1S/C11H8BrN3O3/c12-7-1-2-10(16)15(4-7)5-9-8(11(17)18)3-13-6-14-9/h1-4,6H,5H2,(H,17,18). The highest BCUT2D eigenvalue weighted by Crippen LogP contribution is 2.08. The summed E-state index contributed by atoms with van der Waals surface area (Å²) in [6.45, 7) is 0.0857. The van der Waals surface area contributed by atoms with E-state index in [1.807, 2.05) is 0 Å². The minimum absolute atomic E-state index is 0.00984. The van der Waals surface area contributed by atoms with E-state index in [1.54, 1.807) is 12.3 Å². The molecule has 2 rings (SSSR count). The van der Waals surface area contributed by atoms with Crippen molar-refractivity contribution in [2.24, 2.45) is 0 Å². The first-order valence-corrected chi connectivity index (χ1v) is 5.75. The molecular formula is C11H8BrN3O3. The average molecular weight is 310 g/mol. The highest BCUT2D eigenvalue weighted by Gasteiger charge is 2.12. The van der Waals surface area contributed by atoms with Gasteiger partial charge >= 0.3 is 5.97 Å². The fourth-order valence-electron chi connectivity index (χ4n) is 1.45. The number of nitrogens with zero attached hydrogens (tertiary/aromatic N) is 3. The quantitative estimate of drug-likeness (QED) is 0.919. The Morgan fingerprint density at radius 2 is 2.22 bits per heavy atom. The molecular weight excluding hydrogens is 302 g/mol. The van der Waals surface area contributed by atoms with Crippen LogP contribution in [0.1, 0.15) is 16.1 Å². The van der Waals surface area contributed by atoms with E-state index in [0.717, 1.165) is 4.47 Å². The molecule has 92 valence electrons. The predicted molar refractivity (Wildman–Crippen MR) is 66.5 cm³/mol. The van der Waals surface area contributed by atoms with Crippen LogP contribution in [0.3, 0.4) is 0 Å². The maximum atomic E-state index is 11.6. The highest BCUT2D eigenvalue weighted by atomic mass is 79.9. The second kappa shape index (κ2) is 5.09. The van der Waals surface area contributed by atoms with Crippen LogP contribution in [0.15, 0.2) is 40.1 Å². The maximum absolute atomic E-state index is 11.6. The minimum Gasteiger partial charge on any atom is -0.478 e. The Morgan fingerprint density at radius 3 is 2.94 bits per heavy atom. The van der Waals surface area contributed by atoms with E-state index in [0.29, 0.717) is 0 Å². The summed E-state index contributed by atoms with van der Waals surface area (Å²) in [5, 5.41) is 8.99. The summed E-state index contributed by atoms with van der Waals surface area (Å²) < 4.78 is 2.10. The van der Waals surface area contributed by atoms with Crippen molar-refractivity contribution in [3.63, 3.8) is 0 Å². The lowest BCUT2D eigenvalue weighted by atomic mass is 10.2. The highest BCUT2D eigenvalue weighted by molar-refractivity contribution is 9.10. The molecule has 0 bridgehead atoms. The Morgan fingerprint density at radius 1 is 1.44 bits per heavy atom. The van der Waals surface area contributed by atoms with Gasteiger partial charge in [0.15, 0.2) is 0 Å². The number of carbonyl (C=O) groups is 1. The summed E-state index contributed by atoms with van der Waals surface area (Å²) in [6.07, 6.45) is 4.05. The van der Waals surface area contributed by atoms with Crippen molar-refractivity contribution in [1.82, 2.24) is 14.5 Å². The number of aromatic carboxylic acids is 1. The largest absolute Gasteiger partial charge is 0.478 e. The van der Waals surface area contributed by atoms with Gasteiger partial charge in [-0.15, -0.1) is 0 Å². The number of aromatic nitrogens is 3. The van der Waals surface area contributed by atoms with Crippen LogP contribution in [0.4, 0.5) is 0 Å². The van der Waals surface area contributed by atoms with E-state index in [1.165, 1.54) is 23.2 Å². The van der Waals surface area contributed by atoms with Crippen LogP contribution in [-0.2, 0) is 6.54 Å². The van der Waals surface area contributed by atoms with Gasteiger partial charge in [0, 0.05) is 22.9 Å². The van der Waals surface area contributed by atoms with Crippen molar-refractivity contribution in [3.05, 3.63) is 56.9 Å². The zero-order chi connectivity index (χ0) is 13.1. The molecule has 1 N–H and O–H groups in total. The molecule has 0 saturated carbocycles. The van der Waals surface area contributed by atoms with Crippen LogP contribution in [0, 0.1) is 0 Å². The second-order valence-corrected chi connectivity index (χ2v) is 4.42. The van der Waals surface area contributed by atoms with Gasteiger partial charge in [-0.3, -0.25) is 4.79 Å². The van der Waals surface area contributed by atoms with Gasteiger partial charge in [0.2, 0.25) is 0 Å². The molecule has 0 aliphatic rings. The first kappa shape index (κ1) is 12.4. The predicted octanol–water partition coefficient (Wildman–Crippen LogP) is 1.15. The molecule has 0 aliphatic carbocycles. The molecule has 0 aliphatic heterocycles. The lowest BCUT2D eigenvalue weighted by molar-refractivity contribution is 0.0694. The van der Waals surface area contributed by atoms with Crippen LogP contribution in [0.2, 0.25) is 0 Å². The molecule has 0 unspecified atom stereocenters. The molecule has 0 atom stereocenters. The molecule has 6 nitrogen and oxygen atoms in total. The van der Waals surface area contributed by atoms with Gasteiger partial charge in [-0.25, -0.2) is 14.8 Å². The van der Waals surface area contributed by atoms with Gasteiger partial charge in [0.05, 0.1) is 12.2 Å². The monoisotopic (exact) mass is 309 g/mol. The zero-order valence-corrected chi connectivity index (χ0v) is 10.7. The maximum Gasteiger partial charge on any atom is 0.339 e. The summed E-state index contributed by atoms with van der Waals surface area (Å²) in [7, 11) is 0. The molecule has 2 aromatic rings. The van der Waals surface area contributed by atoms with Crippen molar-refractivity contribution in [2.45, 2.75) is 6.54 Å². The molecule has 2 heterocycles. The third-order valence-electron chi connectivity index (χ3n) is 2.29. The number of pyridine rings is 1. The van der Waals surface area contributed by atoms with Crippen LogP contribution in [-0.4, -0.2) is 25.6 Å². The Bertz CT molecular complexity index is 654. The summed E-state index contributed by atoms with van der Waals surface area (Å²) in [5.41, 5.74) is 0.0511. The molecule has 2 aromatic heterocycles. The summed E-state index contributed by atoms with van der Waals surface area (Å²) in [4.78, 5) is 30.2. The van der Waals surface area contributed by atoms with Crippen LogP contribution in [0.5, 0.6) is 0 Å². The fraction of sp³-hybridized carbons (Fsp3) is 0.0909. The average Bonchev–Trinajstić information content (AvgIpc) is 2.34. The number of hydrogen-bond acceptors (Lipinski definition) is 4. The molecule has 0 aromatic carbocycles. The smallest absolute Gasteiger partial charge is 0.339 e. The zero-order valence-electron chi connectivity index (χ0n) is 9.08. The second-order valence-electron chi connectivity index (χ2n) is 3.50. The van der Waals surface area contributed by atoms with E-state index in [-0.39, 0.29) is 23.4 Å². The molecule has 18 heavy (non-hydrogen) atoms. The fourth-order valence-corrected chi connectivity index (χ4v) is 1.83. The van der Waals surface area contributed by atoms with Crippen molar-refractivity contribution in [2.75, 3.05) is 0 Å². The lowest BCUT2D eigenvalue weighted by Crippen LogP contribution is -2.21. The molecule has 0 radical (unpaired) electrons. The van der Waals surface area contributed by atoms with Gasteiger partial charge in [0.1, 0.15) is 11.9 Å². The van der Waals surface area contributed by atoms with E-state index < -0.39 is 5.97 Å². The molecule has 0 saturated heterocycles. The SMILES string of the molecule is O=C(O)c1cncnc1Cn1cc(Br)ccc1=O. The number of carboxylic acids is 1. The van der Waals surface area contributed by atoms with Crippen molar-refractivity contribution < 1.29 is 9.90 Å². The normalized spacial score (nSPS) is 10.3. The van der Waals surface area contributed by atoms with Gasteiger partial charge in [-0.1, -0.05) is 0 Å². The summed E-state index contributed by atoms with van der Waals surface area (Å²) >= 11 is 3.25. The van der Waals surface area contributed by atoms with Gasteiger partial charge in [-0.05, 0) is 22.0 Å². The molecule has 7 heteroatoms. The van der Waals surface area contributed by atoms with E-state index in [2.05, 4.69) is 25.9 Å². The van der Waals surface area contributed by atoms with Crippen molar-refractivity contribution >= 4 is 21.9 Å². The molecule has 0 fully saturated rings. The van der Waals surface area contributed by atoms with Gasteiger partial charge in [0.25, 0.3) is 5.56 Å². The number of carboxylic acid groups (broad SMARTS) is 1. The van der Waals surface area contributed by atoms with Gasteiger partial charge < -0.3 is 9.67 Å². The van der Waals surface area contributed by atoms with Gasteiger partial charge in [-0.2, -0.15) is 0 Å². The number of halogens is 1. The lowest BCUT2D eigenvalue weighted by Gasteiger charge is -2.07. The van der Waals surface area contributed by atoms with Crippen LogP contribution in [0.25, 0.3) is 0 Å². The third kappa shape index (κ3) is 2.62. The van der Waals surface area contributed by atoms with Crippen molar-refractivity contribution in [3.8, 4) is 0 Å². The third-order valence-corrected chi connectivity index (χ3v) is 2.76. The van der Waals surface area contributed by atoms with Crippen LogP contribution < -0.4 is 5.56 Å². The first-order valence-electron chi connectivity index (χ1n) is 4.96. The Hall–Kier alpha value is -2.02. The topological polar surface area (TPSA) is 85.1 Å².